The number of likely N-dealkylation sites (tertiary alicyclic amines) is 1. The van der Waals surface area contributed by atoms with E-state index in [4.69, 9.17) is 0 Å². The highest BCUT2D eigenvalue weighted by Gasteiger charge is 2.40. The third-order valence-corrected chi connectivity index (χ3v) is 4.72. The first kappa shape index (κ1) is 11.4. The number of hydrogen-bond donors (Lipinski definition) is 0. The summed E-state index contributed by atoms with van der Waals surface area (Å²) in [6, 6.07) is 1.67. The second-order valence-electron chi connectivity index (χ2n) is 6.29. The lowest BCUT2D eigenvalue weighted by molar-refractivity contribution is 0.106. The first-order chi connectivity index (χ1) is 7.09. The van der Waals surface area contributed by atoms with E-state index in [-0.39, 0.29) is 0 Å². The van der Waals surface area contributed by atoms with Gasteiger partial charge in [-0.15, -0.1) is 0 Å². The van der Waals surface area contributed by atoms with Crippen molar-refractivity contribution in [1.82, 2.24) is 4.90 Å². The van der Waals surface area contributed by atoms with Gasteiger partial charge in [0.25, 0.3) is 0 Å². The van der Waals surface area contributed by atoms with Crippen molar-refractivity contribution in [2.75, 3.05) is 6.54 Å². The zero-order valence-electron chi connectivity index (χ0n) is 10.9. The average molecular weight is 209 g/mol. The molecule has 2 rings (SSSR count). The summed E-state index contributed by atoms with van der Waals surface area (Å²) in [6.45, 7) is 10.9. The normalized spacial score (nSPS) is 34.0. The Bertz CT molecular complexity index is 205. The molecule has 2 aliphatic rings. The van der Waals surface area contributed by atoms with Gasteiger partial charge in [-0.3, -0.25) is 4.90 Å². The highest BCUT2D eigenvalue weighted by atomic mass is 15.2. The molecule has 15 heavy (non-hydrogen) atoms. The van der Waals surface area contributed by atoms with Gasteiger partial charge < -0.3 is 0 Å². The molecule has 2 atom stereocenters. The lowest BCUT2D eigenvalue weighted by Crippen LogP contribution is -2.42. The van der Waals surface area contributed by atoms with Crippen molar-refractivity contribution < 1.29 is 0 Å². The highest BCUT2D eigenvalue weighted by Crippen LogP contribution is 2.41. The molecule has 0 amide bonds. The Hall–Kier alpha value is -0.0400. The van der Waals surface area contributed by atoms with Gasteiger partial charge in [-0.2, -0.15) is 0 Å². The van der Waals surface area contributed by atoms with E-state index in [0.717, 1.165) is 29.8 Å². The Balaban J connectivity index is 2.00. The maximum Gasteiger partial charge on any atom is 0.0129 e. The minimum atomic E-state index is 0.749. The minimum absolute atomic E-state index is 0.749. The fourth-order valence-corrected chi connectivity index (χ4v) is 3.29. The fraction of sp³-hybridized carbons (Fsp3) is 1.00. The van der Waals surface area contributed by atoms with Gasteiger partial charge in [0, 0.05) is 18.6 Å². The number of nitrogens with zero attached hydrogens (tertiary/aromatic N) is 1. The maximum absolute atomic E-state index is 2.79. The minimum Gasteiger partial charge on any atom is -0.297 e. The van der Waals surface area contributed by atoms with E-state index in [1.807, 2.05) is 0 Å². The van der Waals surface area contributed by atoms with Crippen LogP contribution in [0.1, 0.15) is 53.4 Å². The van der Waals surface area contributed by atoms with Crippen molar-refractivity contribution in [3.05, 3.63) is 0 Å². The first-order valence-electron chi connectivity index (χ1n) is 6.85. The highest BCUT2D eigenvalue weighted by molar-refractivity contribution is 4.94. The third kappa shape index (κ3) is 2.22. The Labute approximate surface area is 95.2 Å². The van der Waals surface area contributed by atoms with E-state index < -0.39 is 0 Å². The van der Waals surface area contributed by atoms with Crippen LogP contribution in [0.2, 0.25) is 0 Å². The molecule has 1 saturated heterocycles. The van der Waals surface area contributed by atoms with E-state index in [0.29, 0.717) is 0 Å². The molecule has 1 aliphatic heterocycles. The molecule has 1 saturated carbocycles. The van der Waals surface area contributed by atoms with Gasteiger partial charge in [0.05, 0.1) is 0 Å². The lowest BCUT2D eigenvalue weighted by atomic mass is 9.77. The van der Waals surface area contributed by atoms with Gasteiger partial charge in [0.15, 0.2) is 0 Å². The van der Waals surface area contributed by atoms with Crippen LogP contribution in [-0.2, 0) is 0 Å². The monoisotopic (exact) mass is 209 g/mol. The maximum atomic E-state index is 2.79. The summed E-state index contributed by atoms with van der Waals surface area (Å²) in [6.07, 6.45) is 5.96. The summed E-state index contributed by atoms with van der Waals surface area (Å²) in [5.74, 6) is 2.87. The summed E-state index contributed by atoms with van der Waals surface area (Å²) in [4.78, 5) is 2.79. The largest absolute Gasteiger partial charge is 0.297 e. The van der Waals surface area contributed by atoms with E-state index in [1.165, 1.54) is 32.2 Å². The average Bonchev–Trinajstić information content (AvgIpc) is 2.45. The Morgan fingerprint density at radius 2 is 1.73 bits per heavy atom. The van der Waals surface area contributed by atoms with Gasteiger partial charge in [-0.05, 0) is 50.9 Å². The molecule has 0 radical (unpaired) electrons. The summed E-state index contributed by atoms with van der Waals surface area (Å²) >= 11 is 0. The summed E-state index contributed by atoms with van der Waals surface area (Å²) in [5.41, 5.74) is 0. The fourth-order valence-electron chi connectivity index (χ4n) is 3.29. The number of hydrogen-bond acceptors (Lipinski definition) is 1. The Kier molecular flexibility index (Phi) is 3.39. The van der Waals surface area contributed by atoms with Crippen molar-refractivity contribution >= 4 is 0 Å². The lowest BCUT2D eigenvalue weighted by Gasteiger charge is -2.38. The van der Waals surface area contributed by atoms with E-state index in [1.54, 1.807) is 0 Å². The third-order valence-electron chi connectivity index (χ3n) is 4.72. The predicted molar refractivity (Wildman–Crippen MR) is 65.9 cm³/mol. The molecule has 0 N–H and O–H groups in total. The van der Waals surface area contributed by atoms with Gasteiger partial charge in [0.1, 0.15) is 0 Å². The molecule has 0 bridgehead atoms. The molecule has 0 aromatic heterocycles. The zero-order chi connectivity index (χ0) is 11.0. The van der Waals surface area contributed by atoms with Gasteiger partial charge in [0.2, 0.25) is 0 Å². The van der Waals surface area contributed by atoms with Crippen LogP contribution in [0.15, 0.2) is 0 Å². The summed E-state index contributed by atoms with van der Waals surface area (Å²) < 4.78 is 0. The molecule has 1 heterocycles. The molecule has 88 valence electrons. The van der Waals surface area contributed by atoms with Crippen LogP contribution in [0.5, 0.6) is 0 Å². The molecular formula is C14H27N. The van der Waals surface area contributed by atoms with E-state index >= 15 is 0 Å². The van der Waals surface area contributed by atoms with Crippen LogP contribution in [0.25, 0.3) is 0 Å². The molecule has 0 aromatic carbocycles. The van der Waals surface area contributed by atoms with E-state index in [9.17, 15) is 0 Å². The quantitative estimate of drug-likeness (QED) is 0.687. The second-order valence-corrected chi connectivity index (χ2v) is 6.29. The topological polar surface area (TPSA) is 3.24 Å². The molecule has 2 fully saturated rings. The van der Waals surface area contributed by atoms with Gasteiger partial charge in [-0.1, -0.05) is 20.3 Å². The van der Waals surface area contributed by atoms with Gasteiger partial charge in [-0.25, -0.2) is 0 Å². The van der Waals surface area contributed by atoms with Crippen molar-refractivity contribution in [3.63, 3.8) is 0 Å². The first-order valence-corrected chi connectivity index (χ1v) is 6.85. The SMILES string of the molecule is CC(C)C1CC(C2CCC2)N(C(C)C)C1. The van der Waals surface area contributed by atoms with Crippen LogP contribution in [0.4, 0.5) is 0 Å². The zero-order valence-corrected chi connectivity index (χ0v) is 10.9. The predicted octanol–water partition coefficient (Wildman–Crippen LogP) is 3.54. The Morgan fingerprint density at radius 1 is 1.07 bits per heavy atom. The molecule has 0 aromatic rings. The van der Waals surface area contributed by atoms with Crippen LogP contribution in [0, 0.1) is 17.8 Å². The summed E-state index contributed by atoms with van der Waals surface area (Å²) in [5, 5.41) is 0. The molecule has 1 heteroatoms. The van der Waals surface area contributed by atoms with Crippen LogP contribution in [0.3, 0.4) is 0 Å². The molecule has 1 nitrogen and oxygen atoms in total. The smallest absolute Gasteiger partial charge is 0.0129 e. The van der Waals surface area contributed by atoms with E-state index in [2.05, 4.69) is 32.6 Å². The van der Waals surface area contributed by atoms with Crippen LogP contribution in [-0.4, -0.2) is 23.5 Å². The molecular weight excluding hydrogens is 182 g/mol. The summed E-state index contributed by atoms with van der Waals surface area (Å²) in [7, 11) is 0. The molecule has 1 aliphatic carbocycles. The number of rotatable bonds is 3. The van der Waals surface area contributed by atoms with Crippen molar-refractivity contribution in [2.24, 2.45) is 17.8 Å². The second kappa shape index (κ2) is 4.45. The van der Waals surface area contributed by atoms with Gasteiger partial charge >= 0.3 is 0 Å². The van der Waals surface area contributed by atoms with Crippen molar-refractivity contribution in [2.45, 2.75) is 65.5 Å². The Morgan fingerprint density at radius 3 is 2.13 bits per heavy atom. The van der Waals surface area contributed by atoms with Crippen LogP contribution >= 0.6 is 0 Å². The van der Waals surface area contributed by atoms with Crippen molar-refractivity contribution in [1.29, 1.82) is 0 Å². The van der Waals surface area contributed by atoms with Crippen molar-refractivity contribution in [3.8, 4) is 0 Å². The molecule has 2 unspecified atom stereocenters. The molecule has 0 spiro atoms. The van der Waals surface area contributed by atoms with Crippen LogP contribution < -0.4 is 0 Å². The standard InChI is InChI=1S/C14H27N/c1-10(2)13-8-14(12-6-5-7-12)15(9-13)11(3)4/h10-14H,5-9H2,1-4H3.